The van der Waals surface area contributed by atoms with Gasteiger partial charge in [-0.3, -0.25) is 0 Å². The van der Waals surface area contributed by atoms with Gasteiger partial charge in [-0.05, 0) is 12.1 Å². The summed E-state index contributed by atoms with van der Waals surface area (Å²) in [6, 6.07) is 2.79. The van der Waals surface area contributed by atoms with Gasteiger partial charge in [0.05, 0.1) is 16.7 Å². The van der Waals surface area contributed by atoms with Gasteiger partial charge in [-0.15, -0.1) is 0 Å². The SMILES string of the molecule is Nc1cc(Cl)c(O[C@@H]2O[C@H](CO)[C@@H](O)[C@H](O)[C@H]2O)c(Cl)c1. The number of halogens is 2. The van der Waals surface area contributed by atoms with Gasteiger partial charge in [-0.2, -0.15) is 0 Å². The number of benzene rings is 1. The molecule has 1 fully saturated rings. The predicted molar refractivity (Wildman–Crippen MR) is 75.3 cm³/mol. The molecule has 1 aliphatic heterocycles. The fourth-order valence-electron chi connectivity index (χ4n) is 1.97. The molecule has 0 aliphatic carbocycles. The number of anilines is 1. The maximum atomic E-state index is 9.87. The zero-order valence-corrected chi connectivity index (χ0v) is 12.2. The number of nitrogen functional groups attached to an aromatic ring is 1. The Morgan fingerprint density at radius 3 is 2.19 bits per heavy atom. The van der Waals surface area contributed by atoms with Gasteiger partial charge in [0, 0.05) is 5.69 Å². The van der Waals surface area contributed by atoms with Crippen molar-refractivity contribution in [3.05, 3.63) is 22.2 Å². The van der Waals surface area contributed by atoms with Crippen LogP contribution < -0.4 is 10.5 Å². The molecule has 0 saturated carbocycles. The standard InChI is InChI=1S/C12H15Cl2NO6/c13-5-1-4(15)2-6(14)11(5)21-12-10(19)9(18)8(17)7(3-16)20-12/h1-2,7-10,12,16-19H,3,15H2/t7-,8-,9+,10-,12+/m1/s1. The van der Waals surface area contributed by atoms with Crippen molar-refractivity contribution in [1.82, 2.24) is 0 Å². The van der Waals surface area contributed by atoms with Crippen LogP contribution in [0.2, 0.25) is 10.0 Å². The lowest BCUT2D eigenvalue weighted by Crippen LogP contribution is -2.60. The third-order valence-electron chi connectivity index (χ3n) is 3.10. The van der Waals surface area contributed by atoms with Crippen LogP contribution in [0.1, 0.15) is 0 Å². The highest BCUT2D eigenvalue weighted by atomic mass is 35.5. The molecular formula is C12H15Cl2NO6. The largest absolute Gasteiger partial charge is 0.459 e. The van der Waals surface area contributed by atoms with Crippen LogP contribution in [-0.2, 0) is 4.74 Å². The monoisotopic (exact) mass is 339 g/mol. The average molecular weight is 340 g/mol. The van der Waals surface area contributed by atoms with Gasteiger partial charge >= 0.3 is 0 Å². The molecule has 1 aliphatic rings. The second kappa shape index (κ2) is 6.53. The van der Waals surface area contributed by atoms with Crippen LogP contribution in [0.25, 0.3) is 0 Å². The van der Waals surface area contributed by atoms with Crippen molar-refractivity contribution in [3.63, 3.8) is 0 Å². The minimum Gasteiger partial charge on any atom is -0.459 e. The molecule has 1 saturated heterocycles. The van der Waals surface area contributed by atoms with Crippen molar-refractivity contribution in [1.29, 1.82) is 0 Å². The number of nitrogens with two attached hydrogens (primary N) is 1. The topological polar surface area (TPSA) is 125 Å². The van der Waals surface area contributed by atoms with Crippen molar-refractivity contribution >= 4 is 28.9 Å². The third-order valence-corrected chi connectivity index (χ3v) is 3.66. The zero-order chi connectivity index (χ0) is 15.7. The lowest BCUT2D eigenvalue weighted by atomic mass is 9.99. The van der Waals surface area contributed by atoms with Crippen LogP contribution in [0.3, 0.4) is 0 Å². The zero-order valence-electron chi connectivity index (χ0n) is 10.7. The summed E-state index contributed by atoms with van der Waals surface area (Å²) in [6.45, 7) is -0.561. The van der Waals surface area contributed by atoms with E-state index in [9.17, 15) is 15.3 Å². The molecule has 21 heavy (non-hydrogen) atoms. The highest BCUT2D eigenvalue weighted by molar-refractivity contribution is 6.37. The summed E-state index contributed by atoms with van der Waals surface area (Å²) in [5, 5.41) is 38.5. The van der Waals surface area contributed by atoms with Gasteiger partial charge < -0.3 is 35.6 Å². The van der Waals surface area contributed by atoms with E-state index in [1.54, 1.807) is 0 Å². The van der Waals surface area contributed by atoms with Crippen molar-refractivity contribution in [2.24, 2.45) is 0 Å². The predicted octanol–water partition coefficient (Wildman–Crippen LogP) is -0.246. The Kier molecular flexibility index (Phi) is 5.15. The van der Waals surface area contributed by atoms with E-state index in [4.69, 9.17) is 43.5 Å². The normalized spacial score (nSPS) is 33.0. The highest BCUT2D eigenvalue weighted by Gasteiger charge is 2.45. The van der Waals surface area contributed by atoms with Gasteiger partial charge in [0.2, 0.25) is 6.29 Å². The summed E-state index contributed by atoms with van der Waals surface area (Å²) in [4.78, 5) is 0. The summed E-state index contributed by atoms with van der Waals surface area (Å²) in [7, 11) is 0. The molecule has 0 spiro atoms. The van der Waals surface area contributed by atoms with E-state index in [2.05, 4.69) is 0 Å². The lowest BCUT2D eigenvalue weighted by molar-refractivity contribution is -0.277. The van der Waals surface area contributed by atoms with E-state index in [1.165, 1.54) is 12.1 Å². The van der Waals surface area contributed by atoms with Crippen LogP contribution in [0.15, 0.2) is 12.1 Å². The molecule has 7 nitrogen and oxygen atoms in total. The van der Waals surface area contributed by atoms with Gasteiger partial charge in [0.15, 0.2) is 5.75 Å². The summed E-state index contributed by atoms with van der Waals surface area (Å²) < 4.78 is 10.6. The maximum absolute atomic E-state index is 9.87. The first-order valence-electron chi connectivity index (χ1n) is 6.06. The van der Waals surface area contributed by atoms with Crippen LogP contribution in [0.4, 0.5) is 5.69 Å². The van der Waals surface area contributed by atoms with E-state index in [1.807, 2.05) is 0 Å². The molecule has 0 bridgehead atoms. The van der Waals surface area contributed by atoms with E-state index < -0.39 is 37.3 Å². The first kappa shape index (κ1) is 16.6. The van der Waals surface area contributed by atoms with Gasteiger partial charge in [-0.1, -0.05) is 23.2 Å². The average Bonchev–Trinajstić information content (AvgIpc) is 2.42. The molecular weight excluding hydrogens is 325 g/mol. The molecule has 1 aromatic rings. The van der Waals surface area contributed by atoms with Crippen LogP contribution in [0.5, 0.6) is 5.75 Å². The molecule has 118 valence electrons. The number of aliphatic hydroxyl groups excluding tert-OH is 4. The molecule has 5 atom stereocenters. The van der Waals surface area contributed by atoms with Crippen LogP contribution >= 0.6 is 23.2 Å². The summed E-state index contributed by atoms with van der Waals surface area (Å²) in [5.74, 6) is 0.0110. The molecule has 9 heteroatoms. The van der Waals surface area contributed by atoms with Crippen LogP contribution in [0, 0.1) is 0 Å². The van der Waals surface area contributed by atoms with Gasteiger partial charge in [0.25, 0.3) is 0 Å². The second-order valence-electron chi connectivity index (χ2n) is 4.63. The fourth-order valence-corrected chi connectivity index (χ4v) is 2.57. The Morgan fingerprint density at radius 2 is 1.67 bits per heavy atom. The first-order chi connectivity index (χ1) is 9.85. The maximum Gasteiger partial charge on any atom is 0.229 e. The van der Waals surface area contributed by atoms with E-state index >= 15 is 0 Å². The van der Waals surface area contributed by atoms with E-state index in [0.717, 1.165) is 0 Å². The number of ether oxygens (including phenoxy) is 2. The molecule has 0 radical (unpaired) electrons. The van der Waals surface area contributed by atoms with Crippen LogP contribution in [-0.4, -0.2) is 57.7 Å². The first-order valence-corrected chi connectivity index (χ1v) is 6.82. The van der Waals surface area contributed by atoms with E-state index in [0.29, 0.717) is 5.69 Å². The summed E-state index contributed by atoms with van der Waals surface area (Å²) in [5.41, 5.74) is 5.89. The molecule has 2 rings (SSSR count). The lowest BCUT2D eigenvalue weighted by Gasteiger charge is -2.39. The Bertz CT molecular complexity index is 492. The smallest absolute Gasteiger partial charge is 0.229 e. The van der Waals surface area contributed by atoms with Crippen molar-refractivity contribution < 1.29 is 29.9 Å². The fraction of sp³-hybridized carbons (Fsp3) is 0.500. The number of rotatable bonds is 3. The Balaban J connectivity index is 2.22. The van der Waals surface area contributed by atoms with Gasteiger partial charge in [0.1, 0.15) is 24.4 Å². The van der Waals surface area contributed by atoms with Crippen molar-refractivity contribution in [2.45, 2.75) is 30.7 Å². The molecule has 1 heterocycles. The summed E-state index contributed by atoms with van der Waals surface area (Å²) >= 11 is 11.9. The minimum atomic E-state index is -1.55. The Morgan fingerprint density at radius 1 is 1.10 bits per heavy atom. The molecule has 1 aromatic carbocycles. The third kappa shape index (κ3) is 3.35. The highest BCUT2D eigenvalue weighted by Crippen LogP contribution is 2.37. The quantitative estimate of drug-likeness (QED) is 0.481. The second-order valence-corrected chi connectivity index (χ2v) is 5.44. The molecule has 0 amide bonds. The Labute approximate surface area is 130 Å². The molecule has 0 unspecified atom stereocenters. The van der Waals surface area contributed by atoms with E-state index in [-0.39, 0.29) is 15.8 Å². The number of aliphatic hydroxyl groups is 4. The van der Waals surface area contributed by atoms with Gasteiger partial charge in [-0.25, -0.2) is 0 Å². The number of hydrogen-bond acceptors (Lipinski definition) is 7. The number of hydrogen-bond donors (Lipinski definition) is 5. The molecule has 0 aromatic heterocycles. The Hall–Kier alpha value is -0.800. The van der Waals surface area contributed by atoms with Crippen molar-refractivity contribution in [2.75, 3.05) is 12.3 Å². The molecule has 6 N–H and O–H groups in total. The minimum absolute atomic E-state index is 0.0110. The van der Waals surface area contributed by atoms with Crippen molar-refractivity contribution in [3.8, 4) is 5.75 Å². The summed E-state index contributed by atoms with van der Waals surface area (Å²) in [6.07, 6.45) is -7.01.